The Kier molecular flexibility index (Phi) is 2.72. The number of hydrogen-bond donors (Lipinski definition) is 0. The third kappa shape index (κ3) is 2.37. The number of rotatable bonds is 3. The first-order valence-electron chi connectivity index (χ1n) is 5.02. The normalized spacial score (nSPS) is 10.6. The molecule has 1 heterocycles. The molecule has 1 aromatic carbocycles. The van der Waals surface area contributed by atoms with Gasteiger partial charge in [-0.3, -0.25) is 0 Å². The number of nitrogens with zero attached hydrogens (tertiary/aromatic N) is 2. The quantitative estimate of drug-likeness (QED) is 0.765. The summed E-state index contributed by atoms with van der Waals surface area (Å²) in [6, 6.07) is 9.97. The van der Waals surface area contributed by atoms with Crippen molar-refractivity contribution in [2.45, 2.75) is 20.0 Å². The van der Waals surface area contributed by atoms with Crippen LogP contribution in [0, 0.1) is 0 Å². The third-order valence-electron chi connectivity index (χ3n) is 1.95. The van der Waals surface area contributed by atoms with E-state index in [-0.39, 0.29) is 6.10 Å². The number of benzene rings is 1. The molecule has 0 bridgehead atoms. The van der Waals surface area contributed by atoms with Gasteiger partial charge in [0.25, 0.3) is 0 Å². The lowest BCUT2D eigenvalue weighted by Gasteiger charge is -2.05. The van der Waals surface area contributed by atoms with Crippen LogP contribution >= 0.6 is 0 Å². The number of hydrogen-bond acceptors (Lipinski definition) is 2. The van der Waals surface area contributed by atoms with Crippen molar-refractivity contribution in [3.05, 3.63) is 42.7 Å². The summed E-state index contributed by atoms with van der Waals surface area (Å²) in [5.74, 6) is 0.800. The van der Waals surface area contributed by atoms with Gasteiger partial charge in [0.15, 0.2) is 5.75 Å². The second kappa shape index (κ2) is 4.17. The average molecular weight is 202 g/mol. The van der Waals surface area contributed by atoms with Gasteiger partial charge in [-0.15, -0.1) is 0 Å². The topological polar surface area (TPSA) is 27.1 Å². The molecule has 2 rings (SSSR count). The van der Waals surface area contributed by atoms with Crippen LogP contribution in [0.2, 0.25) is 0 Å². The Morgan fingerprint density at radius 1 is 1.20 bits per heavy atom. The molecule has 0 fully saturated rings. The van der Waals surface area contributed by atoms with E-state index in [4.69, 9.17) is 4.74 Å². The van der Waals surface area contributed by atoms with E-state index in [1.54, 1.807) is 10.9 Å². The molecular formula is C12H14N2O. The molecule has 0 spiro atoms. The minimum atomic E-state index is 0.179. The zero-order valence-corrected chi connectivity index (χ0v) is 8.92. The predicted molar refractivity (Wildman–Crippen MR) is 59.3 cm³/mol. The molecule has 15 heavy (non-hydrogen) atoms. The zero-order chi connectivity index (χ0) is 10.7. The highest BCUT2D eigenvalue weighted by Gasteiger charge is 2.02. The van der Waals surface area contributed by atoms with Crippen LogP contribution in [-0.2, 0) is 0 Å². The van der Waals surface area contributed by atoms with Gasteiger partial charge in [0.2, 0.25) is 0 Å². The molecule has 0 saturated carbocycles. The van der Waals surface area contributed by atoms with Crippen molar-refractivity contribution in [1.82, 2.24) is 9.78 Å². The third-order valence-corrected chi connectivity index (χ3v) is 1.95. The first-order chi connectivity index (χ1) is 7.25. The molecule has 0 amide bonds. The van der Waals surface area contributed by atoms with Crippen LogP contribution in [0.25, 0.3) is 5.69 Å². The fraction of sp³-hybridized carbons (Fsp3) is 0.250. The zero-order valence-electron chi connectivity index (χ0n) is 8.92. The van der Waals surface area contributed by atoms with Crippen LogP contribution in [0.15, 0.2) is 42.7 Å². The van der Waals surface area contributed by atoms with Crippen LogP contribution in [0.4, 0.5) is 0 Å². The van der Waals surface area contributed by atoms with Gasteiger partial charge in [-0.25, -0.2) is 4.68 Å². The van der Waals surface area contributed by atoms with Crippen LogP contribution in [0.5, 0.6) is 5.75 Å². The first-order valence-corrected chi connectivity index (χ1v) is 5.02. The summed E-state index contributed by atoms with van der Waals surface area (Å²) in [7, 11) is 0. The maximum absolute atomic E-state index is 5.53. The van der Waals surface area contributed by atoms with Crippen molar-refractivity contribution in [3.8, 4) is 11.4 Å². The van der Waals surface area contributed by atoms with Gasteiger partial charge in [0.1, 0.15) is 0 Å². The molecule has 0 aliphatic rings. The van der Waals surface area contributed by atoms with E-state index in [0.29, 0.717) is 0 Å². The van der Waals surface area contributed by atoms with E-state index in [0.717, 1.165) is 11.4 Å². The number of ether oxygens (including phenoxy) is 1. The molecule has 3 nitrogen and oxygen atoms in total. The SMILES string of the molecule is CC(C)Oc1cnn(-c2ccccc2)c1. The van der Waals surface area contributed by atoms with Crippen LogP contribution in [0.3, 0.4) is 0 Å². The van der Waals surface area contributed by atoms with Crippen LogP contribution < -0.4 is 4.74 Å². The van der Waals surface area contributed by atoms with E-state index >= 15 is 0 Å². The molecule has 0 unspecified atom stereocenters. The van der Waals surface area contributed by atoms with E-state index in [2.05, 4.69) is 5.10 Å². The van der Waals surface area contributed by atoms with E-state index in [9.17, 15) is 0 Å². The summed E-state index contributed by atoms with van der Waals surface area (Å²) in [5.41, 5.74) is 1.04. The van der Waals surface area contributed by atoms with Crippen molar-refractivity contribution in [3.63, 3.8) is 0 Å². The van der Waals surface area contributed by atoms with Crippen molar-refractivity contribution in [2.75, 3.05) is 0 Å². The number of aromatic nitrogens is 2. The lowest BCUT2D eigenvalue weighted by molar-refractivity contribution is 0.242. The summed E-state index contributed by atoms with van der Waals surface area (Å²) < 4.78 is 7.34. The van der Waals surface area contributed by atoms with Crippen LogP contribution in [0.1, 0.15) is 13.8 Å². The monoisotopic (exact) mass is 202 g/mol. The fourth-order valence-electron chi connectivity index (χ4n) is 1.36. The molecule has 0 radical (unpaired) electrons. The van der Waals surface area contributed by atoms with Gasteiger partial charge in [-0.2, -0.15) is 5.10 Å². The maximum Gasteiger partial charge on any atom is 0.158 e. The van der Waals surface area contributed by atoms with Crippen molar-refractivity contribution < 1.29 is 4.74 Å². The lowest BCUT2D eigenvalue weighted by atomic mass is 10.3. The van der Waals surface area contributed by atoms with Crippen molar-refractivity contribution in [2.24, 2.45) is 0 Å². The Bertz CT molecular complexity index is 420. The second-order valence-electron chi connectivity index (χ2n) is 3.62. The standard InChI is InChI=1S/C12H14N2O/c1-10(2)15-12-8-13-14(9-12)11-6-4-3-5-7-11/h3-10H,1-2H3. The summed E-state index contributed by atoms with van der Waals surface area (Å²) >= 11 is 0. The molecule has 0 aliphatic heterocycles. The lowest BCUT2D eigenvalue weighted by Crippen LogP contribution is -2.04. The second-order valence-corrected chi connectivity index (χ2v) is 3.62. The molecule has 0 aliphatic carbocycles. The van der Waals surface area contributed by atoms with Gasteiger partial charge >= 0.3 is 0 Å². The smallest absolute Gasteiger partial charge is 0.158 e. The highest BCUT2D eigenvalue weighted by atomic mass is 16.5. The fourth-order valence-corrected chi connectivity index (χ4v) is 1.36. The number of para-hydroxylation sites is 1. The summed E-state index contributed by atoms with van der Waals surface area (Å²) in [6.07, 6.45) is 3.79. The average Bonchev–Trinajstić information content (AvgIpc) is 2.67. The van der Waals surface area contributed by atoms with Gasteiger partial charge in [-0.05, 0) is 26.0 Å². The molecule has 0 saturated heterocycles. The van der Waals surface area contributed by atoms with Gasteiger partial charge in [0.05, 0.1) is 24.2 Å². The van der Waals surface area contributed by atoms with Crippen LogP contribution in [-0.4, -0.2) is 15.9 Å². The Hall–Kier alpha value is -1.77. The van der Waals surface area contributed by atoms with Gasteiger partial charge in [-0.1, -0.05) is 18.2 Å². The van der Waals surface area contributed by atoms with E-state index in [1.807, 2.05) is 50.4 Å². The highest BCUT2D eigenvalue weighted by Crippen LogP contribution is 2.14. The Labute approximate surface area is 89.3 Å². The Balaban J connectivity index is 2.21. The first kappa shape index (κ1) is 9.77. The summed E-state index contributed by atoms with van der Waals surface area (Å²) in [5, 5.41) is 4.23. The summed E-state index contributed by atoms with van der Waals surface area (Å²) in [4.78, 5) is 0. The summed E-state index contributed by atoms with van der Waals surface area (Å²) in [6.45, 7) is 4.00. The Morgan fingerprint density at radius 2 is 1.93 bits per heavy atom. The molecule has 0 N–H and O–H groups in total. The minimum absolute atomic E-state index is 0.179. The molecule has 1 aromatic heterocycles. The van der Waals surface area contributed by atoms with E-state index < -0.39 is 0 Å². The maximum atomic E-state index is 5.53. The molecule has 3 heteroatoms. The minimum Gasteiger partial charge on any atom is -0.488 e. The molecule has 0 atom stereocenters. The molecule has 78 valence electrons. The molecular weight excluding hydrogens is 188 g/mol. The van der Waals surface area contributed by atoms with E-state index in [1.165, 1.54) is 0 Å². The predicted octanol–water partition coefficient (Wildman–Crippen LogP) is 2.66. The van der Waals surface area contributed by atoms with Gasteiger partial charge < -0.3 is 4.74 Å². The van der Waals surface area contributed by atoms with Crippen molar-refractivity contribution in [1.29, 1.82) is 0 Å². The Morgan fingerprint density at radius 3 is 2.60 bits per heavy atom. The highest BCUT2D eigenvalue weighted by molar-refractivity contribution is 5.32. The molecule has 2 aromatic rings. The largest absolute Gasteiger partial charge is 0.488 e. The van der Waals surface area contributed by atoms with Gasteiger partial charge in [0, 0.05) is 0 Å². The van der Waals surface area contributed by atoms with Crippen molar-refractivity contribution >= 4 is 0 Å².